The van der Waals surface area contributed by atoms with E-state index in [1.807, 2.05) is 31.2 Å². The molecule has 0 aliphatic carbocycles. The van der Waals surface area contributed by atoms with E-state index in [0.717, 1.165) is 16.9 Å². The van der Waals surface area contributed by atoms with Crippen molar-refractivity contribution in [3.8, 4) is 0 Å². The van der Waals surface area contributed by atoms with Crippen LogP contribution in [-0.2, 0) is 35.1 Å². The van der Waals surface area contributed by atoms with Crippen LogP contribution in [0.15, 0.2) is 36.4 Å². The molecular weight excluding hydrogens is 466 g/mol. The van der Waals surface area contributed by atoms with Crippen LogP contribution in [0.3, 0.4) is 0 Å². The number of aryl methyl sites for hydroxylation is 1. The first kappa shape index (κ1) is 28.7. The summed E-state index contributed by atoms with van der Waals surface area (Å²) in [4.78, 5) is 61.5. The van der Waals surface area contributed by atoms with Crippen LogP contribution in [0, 0.1) is 11.8 Å². The fourth-order valence-corrected chi connectivity index (χ4v) is 3.50. The Morgan fingerprint density at radius 3 is 2.17 bits per heavy atom. The zero-order chi connectivity index (χ0) is 26.7. The highest BCUT2D eigenvalue weighted by Gasteiger charge is 2.28. The van der Waals surface area contributed by atoms with Gasteiger partial charge in [0.2, 0.25) is 5.91 Å². The normalized spacial score (nSPS) is 14.6. The minimum absolute atomic E-state index is 0.0338. The minimum atomic E-state index is -0.808. The number of carbonyl (C=O) groups excluding carboxylic acids is 5. The number of amides is 4. The van der Waals surface area contributed by atoms with E-state index in [-0.39, 0.29) is 62.2 Å². The van der Waals surface area contributed by atoms with Gasteiger partial charge in [-0.15, -0.1) is 0 Å². The number of imide groups is 1. The van der Waals surface area contributed by atoms with E-state index in [1.165, 1.54) is 12.2 Å². The van der Waals surface area contributed by atoms with Crippen molar-refractivity contribution in [2.45, 2.75) is 46.6 Å². The molecule has 196 valence electrons. The number of hydrogen-bond donors (Lipinski definition) is 2. The summed E-state index contributed by atoms with van der Waals surface area (Å²) in [6.45, 7) is 7.52. The number of ketones is 1. The Labute approximate surface area is 211 Å². The highest BCUT2D eigenvalue weighted by Crippen LogP contribution is 2.15. The van der Waals surface area contributed by atoms with Crippen LogP contribution in [0.4, 0.5) is 10.5 Å². The summed E-state index contributed by atoms with van der Waals surface area (Å²) >= 11 is 0. The van der Waals surface area contributed by atoms with Gasteiger partial charge in [-0.05, 0) is 30.0 Å². The lowest BCUT2D eigenvalue weighted by Crippen LogP contribution is -2.45. The first-order chi connectivity index (χ1) is 17.1. The summed E-state index contributed by atoms with van der Waals surface area (Å²) in [7, 11) is 0. The molecule has 0 radical (unpaired) electrons. The average molecular weight is 502 g/mol. The van der Waals surface area contributed by atoms with Crippen LogP contribution in [-0.4, -0.2) is 66.9 Å². The fraction of sp³-hybridized carbons (Fsp3) is 0.500. The van der Waals surface area contributed by atoms with Gasteiger partial charge in [-0.3, -0.25) is 24.1 Å². The maximum Gasteiger partial charge on any atom is 0.407 e. The zero-order valence-electron chi connectivity index (χ0n) is 21.2. The van der Waals surface area contributed by atoms with Crippen molar-refractivity contribution in [2.24, 2.45) is 11.8 Å². The number of benzene rings is 1. The summed E-state index contributed by atoms with van der Waals surface area (Å²) in [5, 5.41) is 5.38. The third-order valence-electron chi connectivity index (χ3n) is 5.69. The summed E-state index contributed by atoms with van der Waals surface area (Å²) < 4.78 is 10.4. The van der Waals surface area contributed by atoms with Gasteiger partial charge in [-0.2, -0.15) is 0 Å². The Morgan fingerprint density at radius 2 is 1.58 bits per heavy atom. The molecule has 1 aliphatic rings. The second kappa shape index (κ2) is 14.1. The number of carbonyl (C=O) groups is 5. The summed E-state index contributed by atoms with van der Waals surface area (Å²) in [6.07, 6.45) is 2.49. The van der Waals surface area contributed by atoms with E-state index >= 15 is 0 Å². The first-order valence-corrected chi connectivity index (χ1v) is 12.1. The van der Waals surface area contributed by atoms with E-state index in [4.69, 9.17) is 9.47 Å². The van der Waals surface area contributed by atoms with Crippen molar-refractivity contribution in [1.29, 1.82) is 0 Å². The third-order valence-corrected chi connectivity index (χ3v) is 5.69. The minimum Gasteiger partial charge on any atom is -0.447 e. The summed E-state index contributed by atoms with van der Waals surface area (Å²) in [5.41, 5.74) is 1.82. The van der Waals surface area contributed by atoms with Gasteiger partial charge >= 0.3 is 6.09 Å². The second-order valence-corrected chi connectivity index (χ2v) is 8.89. The molecule has 36 heavy (non-hydrogen) atoms. The van der Waals surface area contributed by atoms with E-state index in [2.05, 4.69) is 10.6 Å². The highest BCUT2D eigenvalue weighted by atomic mass is 16.6. The predicted octanol–water partition coefficient (Wildman–Crippen LogP) is 2.48. The van der Waals surface area contributed by atoms with E-state index < -0.39 is 18.1 Å². The molecule has 4 amide bonds. The van der Waals surface area contributed by atoms with Crippen LogP contribution >= 0.6 is 0 Å². The molecule has 0 aromatic heterocycles. The Bertz CT molecular complexity index is 954. The summed E-state index contributed by atoms with van der Waals surface area (Å²) in [6, 6.07) is 6.72. The van der Waals surface area contributed by atoms with Gasteiger partial charge in [0.1, 0.15) is 6.61 Å². The third kappa shape index (κ3) is 8.92. The number of alkyl carbamates (subject to hydrolysis) is 1. The van der Waals surface area contributed by atoms with E-state index in [1.54, 1.807) is 20.8 Å². The number of nitrogens with one attached hydrogen (secondary N) is 2. The SMILES string of the molecule is CCc1ccc(NC(=O)[C@H](C)CC(=O)[C@@H](NC(=O)OCCOCCN2C(=O)C=CC2=O)C(C)C)cc1. The van der Waals surface area contributed by atoms with Crippen molar-refractivity contribution in [3.63, 3.8) is 0 Å². The van der Waals surface area contributed by atoms with Gasteiger partial charge in [0, 0.05) is 30.2 Å². The first-order valence-electron chi connectivity index (χ1n) is 12.1. The standard InChI is InChI=1S/C26H35N3O7/c1-5-19-6-8-20(9-7-19)27-25(33)18(4)16-21(30)24(17(2)3)28-26(34)36-15-14-35-13-12-29-22(31)10-11-23(29)32/h6-11,17-18,24H,5,12-16H2,1-4H3,(H,27,33)(H,28,34)/t18-,24+/m1/s1. The monoisotopic (exact) mass is 501 g/mol. The van der Waals surface area contributed by atoms with Gasteiger partial charge in [0.25, 0.3) is 11.8 Å². The second-order valence-electron chi connectivity index (χ2n) is 8.89. The number of anilines is 1. The number of rotatable bonds is 14. The lowest BCUT2D eigenvalue weighted by Gasteiger charge is -2.22. The smallest absolute Gasteiger partial charge is 0.407 e. The number of nitrogens with zero attached hydrogens (tertiary/aromatic N) is 1. The van der Waals surface area contributed by atoms with Crippen molar-refractivity contribution in [3.05, 3.63) is 42.0 Å². The molecule has 2 N–H and O–H groups in total. The molecule has 0 spiro atoms. The van der Waals surface area contributed by atoms with Crippen LogP contribution in [0.1, 0.15) is 39.7 Å². The molecule has 1 aromatic rings. The molecule has 2 rings (SSSR count). The molecule has 1 aliphatic heterocycles. The Balaban J connectivity index is 1.71. The van der Waals surface area contributed by atoms with Gasteiger partial charge < -0.3 is 20.1 Å². The molecule has 0 saturated heterocycles. The maximum atomic E-state index is 12.8. The molecule has 1 heterocycles. The molecule has 10 nitrogen and oxygen atoms in total. The van der Waals surface area contributed by atoms with Gasteiger partial charge in [-0.1, -0.05) is 39.8 Å². The van der Waals surface area contributed by atoms with Crippen LogP contribution in [0.5, 0.6) is 0 Å². The van der Waals surface area contributed by atoms with Crippen molar-refractivity contribution < 1.29 is 33.4 Å². The Morgan fingerprint density at radius 1 is 0.944 bits per heavy atom. The van der Waals surface area contributed by atoms with Gasteiger partial charge in [-0.25, -0.2) is 4.79 Å². The van der Waals surface area contributed by atoms with Crippen molar-refractivity contribution in [1.82, 2.24) is 10.2 Å². The highest BCUT2D eigenvalue weighted by molar-refractivity contribution is 6.12. The average Bonchev–Trinajstić information content (AvgIpc) is 3.16. The predicted molar refractivity (Wildman–Crippen MR) is 133 cm³/mol. The van der Waals surface area contributed by atoms with Crippen LogP contribution in [0.2, 0.25) is 0 Å². The van der Waals surface area contributed by atoms with Gasteiger partial charge in [0.05, 0.1) is 25.8 Å². The lowest BCUT2D eigenvalue weighted by molar-refractivity contribution is -0.137. The van der Waals surface area contributed by atoms with E-state index in [0.29, 0.717) is 5.69 Å². The fourth-order valence-electron chi connectivity index (χ4n) is 3.50. The largest absolute Gasteiger partial charge is 0.447 e. The van der Waals surface area contributed by atoms with Crippen molar-refractivity contribution >= 4 is 35.3 Å². The molecule has 2 atom stereocenters. The molecule has 0 saturated carbocycles. The van der Waals surface area contributed by atoms with Crippen molar-refractivity contribution in [2.75, 3.05) is 31.7 Å². The number of Topliss-reactive ketones (excluding diaryl/α,β-unsaturated/α-hetero) is 1. The summed E-state index contributed by atoms with van der Waals surface area (Å²) in [5.74, 6) is -2.11. The maximum absolute atomic E-state index is 12.8. The molecule has 0 fully saturated rings. The number of ether oxygens (including phenoxy) is 2. The van der Waals surface area contributed by atoms with Crippen LogP contribution < -0.4 is 10.6 Å². The Hall–Kier alpha value is -3.53. The molecule has 10 heteroatoms. The lowest BCUT2D eigenvalue weighted by atomic mass is 9.93. The molecule has 1 aromatic carbocycles. The zero-order valence-corrected chi connectivity index (χ0v) is 21.2. The molecule has 0 unspecified atom stereocenters. The van der Waals surface area contributed by atoms with Gasteiger partial charge in [0.15, 0.2) is 5.78 Å². The Kier molecular flexibility index (Phi) is 11.3. The van der Waals surface area contributed by atoms with Crippen LogP contribution in [0.25, 0.3) is 0 Å². The quantitative estimate of drug-likeness (QED) is 0.296. The topological polar surface area (TPSA) is 131 Å². The molecular formula is C26H35N3O7. The number of hydrogen-bond acceptors (Lipinski definition) is 7. The van der Waals surface area contributed by atoms with E-state index in [9.17, 15) is 24.0 Å². The molecule has 0 bridgehead atoms.